The highest BCUT2D eigenvalue weighted by atomic mass is 16.6. The molecule has 0 N–H and O–H groups in total. The molecule has 120 valence electrons. The fraction of sp³-hybridized carbons (Fsp3) is 0.786. The lowest BCUT2D eigenvalue weighted by Crippen LogP contribution is -2.52. The minimum atomic E-state index is -0.688. The second-order valence-corrected chi connectivity index (χ2v) is 5.15. The lowest BCUT2D eigenvalue weighted by atomic mass is 9.91. The quantitative estimate of drug-likeness (QED) is 0.561. The van der Waals surface area contributed by atoms with Gasteiger partial charge in [-0.05, 0) is 13.8 Å². The number of carbonyl (C=O) groups is 3. The molecule has 7 heteroatoms. The monoisotopic (exact) mass is 302 g/mol. The SMILES string of the molecule is COC(=O)C(C)C1C[C@H](OC(C)=O)[C@@H](OC(C)=O)[C@H](C)O1. The molecule has 7 nitrogen and oxygen atoms in total. The van der Waals surface area contributed by atoms with Crippen LogP contribution in [0.4, 0.5) is 0 Å². The molecule has 0 aromatic heterocycles. The van der Waals surface area contributed by atoms with Crippen LogP contribution in [0.1, 0.15) is 34.1 Å². The number of carbonyl (C=O) groups excluding carboxylic acids is 3. The molecule has 0 bridgehead atoms. The third kappa shape index (κ3) is 4.70. The molecule has 1 saturated heterocycles. The van der Waals surface area contributed by atoms with Gasteiger partial charge in [0.25, 0.3) is 0 Å². The number of hydrogen-bond donors (Lipinski definition) is 0. The van der Waals surface area contributed by atoms with Crippen molar-refractivity contribution in [3.05, 3.63) is 0 Å². The van der Waals surface area contributed by atoms with Crippen LogP contribution >= 0.6 is 0 Å². The second-order valence-electron chi connectivity index (χ2n) is 5.15. The van der Waals surface area contributed by atoms with E-state index in [2.05, 4.69) is 0 Å². The van der Waals surface area contributed by atoms with Gasteiger partial charge in [-0.15, -0.1) is 0 Å². The Balaban J connectivity index is 2.87. The van der Waals surface area contributed by atoms with Crippen molar-refractivity contribution in [3.8, 4) is 0 Å². The van der Waals surface area contributed by atoms with Crippen LogP contribution < -0.4 is 0 Å². The predicted octanol–water partition coefficient (Wildman–Crippen LogP) is 0.836. The zero-order chi connectivity index (χ0) is 16.2. The molecule has 2 unspecified atom stereocenters. The number of methoxy groups -OCH3 is 1. The Bertz CT molecular complexity index is 406. The summed E-state index contributed by atoms with van der Waals surface area (Å²) in [5.41, 5.74) is 0. The highest BCUT2D eigenvalue weighted by Gasteiger charge is 2.43. The molecule has 0 aromatic carbocycles. The summed E-state index contributed by atoms with van der Waals surface area (Å²) in [4.78, 5) is 34.0. The third-order valence-electron chi connectivity index (χ3n) is 3.43. The Morgan fingerprint density at radius 1 is 1.14 bits per heavy atom. The first-order chi connectivity index (χ1) is 9.76. The maximum atomic E-state index is 11.6. The summed E-state index contributed by atoms with van der Waals surface area (Å²) in [5, 5.41) is 0. The molecule has 0 amide bonds. The Hall–Kier alpha value is -1.63. The molecule has 1 aliphatic rings. The van der Waals surface area contributed by atoms with Crippen molar-refractivity contribution in [2.45, 2.75) is 58.5 Å². The Morgan fingerprint density at radius 3 is 2.19 bits per heavy atom. The van der Waals surface area contributed by atoms with Gasteiger partial charge in [0.2, 0.25) is 0 Å². The summed E-state index contributed by atoms with van der Waals surface area (Å²) in [5.74, 6) is -1.86. The van der Waals surface area contributed by atoms with Crippen molar-refractivity contribution in [1.82, 2.24) is 0 Å². The Kier molecular flexibility index (Phi) is 6.14. The van der Waals surface area contributed by atoms with Crippen molar-refractivity contribution >= 4 is 17.9 Å². The first-order valence-electron chi connectivity index (χ1n) is 6.84. The minimum absolute atomic E-state index is 0.262. The van der Waals surface area contributed by atoms with Gasteiger partial charge in [-0.25, -0.2) is 0 Å². The fourth-order valence-electron chi connectivity index (χ4n) is 2.43. The zero-order valence-electron chi connectivity index (χ0n) is 13.0. The smallest absolute Gasteiger partial charge is 0.311 e. The van der Waals surface area contributed by atoms with Crippen LogP contribution in [0.5, 0.6) is 0 Å². The molecular weight excluding hydrogens is 280 g/mol. The Labute approximate surface area is 123 Å². The van der Waals surface area contributed by atoms with E-state index in [1.165, 1.54) is 21.0 Å². The average Bonchev–Trinajstić information content (AvgIpc) is 2.39. The molecule has 0 aliphatic carbocycles. The number of ether oxygens (including phenoxy) is 4. The molecule has 0 spiro atoms. The molecule has 5 atom stereocenters. The molecular formula is C14H22O7. The van der Waals surface area contributed by atoms with E-state index in [1.807, 2.05) is 0 Å². The van der Waals surface area contributed by atoms with Crippen molar-refractivity contribution in [2.75, 3.05) is 7.11 Å². The standard InChI is InChI=1S/C14H22O7/c1-7(14(17)18-5)11-6-12(20-9(3)15)13(8(2)19-11)21-10(4)16/h7-8,11-13H,6H2,1-5H3/t7?,8-,11?,12-,13-/m0/s1. The molecule has 21 heavy (non-hydrogen) atoms. The molecule has 0 radical (unpaired) electrons. The fourth-order valence-corrected chi connectivity index (χ4v) is 2.43. The predicted molar refractivity (Wildman–Crippen MR) is 71.2 cm³/mol. The van der Waals surface area contributed by atoms with E-state index < -0.39 is 48.2 Å². The van der Waals surface area contributed by atoms with Gasteiger partial charge in [0.1, 0.15) is 6.10 Å². The van der Waals surface area contributed by atoms with Crippen molar-refractivity contribution in [3.63, 3.8) is 0 Å². The zero-order valence-corrected chi connectivity index (χ0v) is 13.0. The summed E-state index contributed by atoms with van der Waals surface area (Å²) in [6, 6.07) is 0. The van der Waals surface area contributed by atoms with Gasteiger partial charge in [-0.3, -0.25) is 14.4 Å². The molecule has 1 heterocycles. The van der Waals surface area contributed by atoms with E-state index in [-0.39, 0.29) is 6.42 Å². The number of esters is 3. The summed E-state index contributed by atoms with van der Waals surface area (Å²) < 4.78 is 20.8. The van der Waals surface area contributed by atoms with Gasteiger partial charge in [-0.1, -0.05) is 0 Å². The van der Waals surface area contributed by atoms with Gasteiger partial charge in [0, 0.05) is 20.3 Å². The first-order valence-corrected chi connectivity index (χ1v) is 6.84. The van der Waals surface area contributed by atoms with Crippen LogP contribution in [0.15, 0.2) is 0 Å². The first kappa shape index (κ1) is 17.4. The lowest BCUT2D eigenvalue weighted by Gasteiger charge is -2.40. The van der Waals surface area contributed by atoms with Crippen LogP contribution in [-0.4, -0.2) is 49.4 Å². The maximum Gasteiger partial charge on any atom is 0.311 e. The van der Waals surface area contributed by atoms with Gasteiger partial charge in [-0.2, -0.15) is 0 Å². The van der Waals surface area contributed by atoms with E-state index in [0.29, 0.717) is 0 Å². The third-order valence-corrected chi connectivity index (χ3v) is 3.43. The van der Waals surface area contributed by atoms with Crippen LogP contribution in [0.2, 0.25) is 0 Å². The topological polar surface area (TPSA) is 88.1 Å². The summed E-state index contributed by atoms with van der Waals surface area (Å²) in [7, 11) is 1.30. The maximum absolute atomic E-state index is 11.6. The average molecular weight is 302 g/mol. The van der Waals surface area contributed by atoms with E-state index in [4.69, 9.17) is 18.9 Å². The van der Waals surface area contributed by atoms with Crippen molar-refractivity contribution in [2.24, 2.45) is 5.92 Å². The van der Waals surface area contributed by atoms with Gasteiger partial charge in [0.15, 0.2) is 6.10 Å². The normalized spacial score (nSPS) is 30.1. The van der Waals surface area contributed by atoms with Crippen LogP contribution in [-0.2, 0) is 33.3 Å². The second kappa shape index (κ2) is 7.40. The van der Waals surface area contributed by atoms with E-state index >= 15 is 0 Å². The highest BCUT2D eigenvalue weighted by molar-refractivity contribution is 5.72. The minimum Gasteiger partial charge on any atom is -0.469 e. The van der Waals surface area contributed by atoms with E-state index in [1.54, 1.807) is 13.8 Å². The summed E-state index contributed by atoms with van der Waals surface area (Å²) in [6.07, 6.45) is -2.04. The summed E-state index contributed by atoms with van der Waals surface area (Å²) >= 11 is 0. The molecule has 1 rings (SSSR count). The van der Waals surface area contributed by atoms with Crippen molar-refractivity contribution < 1.29 is 33.3 Å². The van der Waals surface area contributed by atoms with E-state index in [9.17, 15) is 14.4 Å². The van der Waals surface area contributed by atoms with E-state index in [0.717, 1.165) is 0 Å². The Morgan fingerprint density at radius 2 is 1.71 bits per heavy atom. The van der Waals surface area contributed by atoms with Gasteiger partial charge in [0.05, 0.1) is 25.2 Å². The van der Waals surface area contributed by atoms with Crippen LogP contribution in [0, 0.1) is 5.92 Å². The van der Waals surface area contributed by atoms with Gasteiger partial charge >= 0.3 is 17.9 Å². The van der Waals surface area contributed by atoms with Gasteiger partial charge < -0.3 is 18.9 Å². The molecule has 0 aromatic rings. The van der Waals surface area contributed by atoms with Crippen molar-refractivity contribution in [1.29, 1.82) is 0 Å². The number of rotatable bonds is 4. The molecule has 0 saturated carbocycles. The van der Waals surface area contributed by atoms with Crippen LogP contribution in [0.25, 0.3) is 0 Å². The lowest BCUT2D eigenvalue weighted by molar-refractivity contribution is -0.211. The number of hydrogen-bond acceptors (Lipinski definition) is 7. The highest BCUT2D eigenvalue weighted by Crippen LogP contribution is 2.29. The molecule has 1 fully saturated rings. The largest absolute Gasteiger partial charge is 0.469 e. The summed E-state index contributed by atoms with van der Waals surface area (Å²) in [6.45, 7) is 5.95. The molecule has 1 aliphatic heterocycles. The van der Waals surface area contributed by atoms with Crippen LogP contribution in [0.3, 0.4) is 0 Å².